The van der Waals surface area contributed by atoms with Crippen LogP contribution in [0.2, 0.25) is 0 Å². The first-order chi connectivity index (χ1) is 7.77. The van der Waals surface area contributed by atoms with E-state index in [9.17, 15) is 4.79 Å². The van der Waals surface area contributed by atoms with Gasteiger partial charge in [-0.3, -0.25) is 0 Å². The highest BCUT2D eigenvalue weighted by Crippen LogP contribution is 2.21. The molecule has 2 amide bonds. The van der Waals surface area contributed by atoms with E-state index in [0.717, 1.165) is 30.4 Å². The summed E-state index contributed by atoms with van der Waals surface area (Å²) >= 11 is 1.58. The van der Waals surface area contributed by atoms with Gasteiger partial charge in [-0.25, -0.2) is 9.78 Å². The summed E-state index contributed by atoms with van der Waals surface area (Å²) in [6.45, 7) is 2.26. The number of urea groups is 1. The van der Waals surface area contributed by atoms with Gasteiger partial charge in [0.15, 0.2) is 0 Å². The summed E-state index contributed by atoms with van der Waals surface area (Å²) in [5.74, 6) is 0.814. The Morgan fingerprint density at radius 1 is 1.62 bits per heavy atom. The van der Waals surface area contributed by atoms with Crippen LogP contribution in [0.5, 0.6) is 0 Å². The van der Waals surface area contributed by atoms with Crippen LogP contribution in [0.3, 0.4) is 0 Å². The van der Waals surface area contributed by atoms with Crippen LogP contribution < -0.4 is 11.1 Å². The average Bonchev–Trinajstić information content (AvgIpc) is 2.67. The Kier molecular flexibility index (Phi) is 3.51. The topological polar surface area (TPSA) is 71.2 Å². The monoisotopic (exact) mass is 238 g/mol. The van der Waals surface area contributed by atoms with E-state index < -0.39 is 0 Å². The lowest BCUT2D eigenvalue weighted by molar-refractivity contribution is 0.220. The van der Waals surface area contributed by atoms with E-state index in [1.54, 1.807) is 22.9 Å². The molecule has 0 aromatic carbocycles. The molecule has 3 N–H and O–H groups in total. The molecule has 2 heterocycles. The van der Waals surface area contributed by atoms with Crippen molar-refractivity contribution in [3.8, 4) is 0 Å². The van der Waals surface area contributed by atoms with E-state index in [1.807, 2.05) is 12.1 Å². The van der Waals surface area contributed by atoms with Crippen LogP contribution in [-0.4, -0.2) is 41.3 Å². The molecule has 0 aliphatic carbocycles. The van der Waals surface area contributed by atoms with Crippen molar-refractivity contribution in [3.63, 3.8) is 0 Å². The molecule has 86 valence electrons. The number of hydrogen-bond acceptors (Lipinski definition) is 4. The van der Waals surface area contributed by atoms with Gasteiger partial charge in [0.05, 0.1) is 5.69 Å². The number of aromatic nitrogens is 1. The van der Waals surface area contributed by atoms with Gasteiger partial charge in [0.2, 0.25) is 0 Å². The first kappa shape index (κ1) is 11.1. The summed E-state index contributed by atoms with van der Waals surface area (Å²) < 4.78 is 0. The number of nitrogen functional groups attached to an aromatic ring is 1. The van der Waals surface area contributed by atoms with Crippen molar-refractivity contribution in [1.29, 1.82) is 0 Å². The molecular formula is C10H14N4OS. The third kappa shape index (κ3) is 2.57. The zero-order valence-corrected chi connectivity index (χ0v) is 9.67. The van der Waals surface area contributed by atoms with E-state index in [-0.39, 0.29) is 6.03 Å². The van der Waals surface area contributed by atoms with Crippen molar-refractivity contribution in [2.24, 2.45) is 0 Å². The van der Waals surface area contributed by atoms with Crippen molar-refractivity contribution in [1.82, 2.24) is 15.2 Å². The quantitative estimate of drug-likeness (QED) is 0.760. The number of nitrogens with two attached hydrogens (primary N) is 1. The minimum atomic E-state index is 0.0228. The standard InChI is InChI=1S/C10H14N4OS/c11-8-2-1-3-12-9(8)16-7-6-14-5-4-13-10(14)15/h1-3H,4-7,11H2,(H,13,15). The predicted molar refractivity (Wildman–Crippen MR) is 64.3 cm³/mol. The number of carbonyl (C=O) groups excluding carboxylic acids is 1. The van der Waals surface area contributed by atoms with Gasteiger partial charge in [-0.2, -0.15) is 0 Å². The van der Waals surface area contributed by atoms with E-state index in [2.05, 4.69) is 10.3 Å². The van der Waals surface area contributed by atoms with Crippen molar-refractivity contribution >= 4 is 23.5 Å². The lowest BCUT2D eigenvalue weighted by Crippen LogP contribution is -2.30. The summed E-state index contributed by atoms with van der Waals surface area (Å²) in [5.41, 5.74) is 6.46. The highest BCUT2D eigenvalue weighted by Gasteiger charge is 2.18. The molecule has 5 nitrogen and oxygen atoms in total. The number of amides is 2. The van der Waals surface area contributed by atoms with Crippen molar-refractivity contribution in [3.05, 3.63) is 18.3 Å². The highest BCUT2D eigenvalue weighted by atomic mass is 32.2. The molecule has 1 saturated heterocycles. The minimum Gasteiger partial charge on any atom is -0.397 e. The van der Waals surface area contributed by atoms with Gasteiger partial charge < -0.3 is 16.0 Å². The Labute approximate surface area is 98.4 Å². The van der Waals surface area contributed by atoms with Crippen LogP contribution in [-0.2, 0) is 0 Å². The Balaban J connectivity index is 1.80. The van der Waals surface area contributed by atoms with Crippen molar-refractivity contribution < 1.29 is 4.79 Å². The number of nitrogens with zero attached hydrogens (tertiary/aromatic N) is 2. The molecule has 1 aromatic heterocycles. The molecule has 0 unspecified atom stereocenters. The van der Waals surface area contributed by atoms with Crippen LogP contribution in [0.15, 0.2) is 23.4 Å². The van der Waals surface area contributed by atoms with Gasteiger partial charge in [-0.15, -0.1) is 11.8 Å². The SMILES string of the molecule is Nc1cccnc1SCCN1CCNC1=O. The Morgan fingerprint density at radius 3 is 3.19 bits per heavy atom. The van der Waals surface area contributed by atoms with Crippen molar-refractivity contribution in [2.75, 3.05) is 31.1 Å². The van der Waals surface area contributed by atoms with Crippen LogP contribution >= 0.6 is 11.8 Å². The predicted octanol–water partition coefficient (Wildman–Crippen LogP) is 0.781. The number of thioether (sulfide) groups is 1. The third-order valence-electron chi connectivity index (χ3n) is 2.35. The fourth-order valence-corrected chi connectivity index (χ4v) is 2.38. The number of carbonyl (C=O) groups is 1. The Hall–Kier alpha value is -1.43. The molecular weight excluding hydrogens is 224 g/mol. The number of rotatable bonds is 4. The minimum absolute atomic E-state index is 0.0228. The van der Waals surface area contributed by atoms with Gasteiger partial charge in [0, 0.05) is 31.6 Å². The normalized spacial score (nSPS) is 15.2. The molecule has 0 saturated carbocycles. The molecule has 0 radical (unpaired) electrons. The average molecular weight is 238 g/mol. The summed E-state index contributed by atoms with van der Waals surface area (Å²) in [7, 11) is 0. The fourth-order valence-electron chi connectivity index (χ4n) is 1.50. The first-order valence-corrected chi connectivity index (χ1v) is 6.12. The zero-order valence-electron chi connectivity index (χ0n) is 8.85. The van der Waals surface area contributed by atoms with Crippen molar-refractivity contribution in [2.45, 2.75) is 5.03 Å². The summed E-state index contributed by atoms with van der Waals surface area (Å²) in [6, 6.07) is 3.67. The van der Waals surface area contributed by atoms with Crippen LogP contribution in [0.4, 0.5) is 10.5 Å². The number of anilines is 1. The second-order valence-electron chi connectivity index (χ2n) is 3.47. The number of pyridine rings is 1. The molecule has 0 bridgehead atoms. The number of hydrogen-bond donors (Lipinski definition) is 2. The lowest BCUT2D eigenvalue weighted by atomic mass is 10.4. The van der Waals surface area contributed by atoms with Gasteiger partial charge in [-0.05, 0) is 12.1 Å². The molecule has 1 aliphatic heterocycles. The van der Waals surface area contributed by atoms with E-state index in [4.69, 9.17) is 5.73 Å². The highest BCUT2D eigenvalue weighted by molar-refractivity contribution is 7.99. The van der Waals surface area contributed by atoms with Gasteiger partial charge >= 0.3 is 6.03 Å². The Bertz CT molecular complexity index is 385. The van der Waals surface area contributed by atoms with Crippen LogP contribution in [0.1, 0.15) is 0 Å². The smallest absolute Gasteiger partial charge is 0.317 e. The maximum Gasteiger partial charge on any atom is 0.317 e. The van der Waals surface area contributed by atoms with E-state index >= 15 is 0 Å². The van der Waals surface area contributed by atoms with Gasteiger partial charge in [-0.1, -0.05) is 0 Å². The maximum absolute atomic E-state index is 11.2. The summed E-state index contributed by atoms with van der Waals surface area (Å²) in [6.07, 6.45) is 1.72. The van der Waals surface area contributed by atoms with E-state index in [0.29, 0.717) is 5.69 Å². The van der Waals surface area contributed by atoms with Crippen LogP contribution in [0.25, 0.3) is 0 Å². The number of nitrogens with one attached hydrogen (secondary N) is 1. The second kappa shape index (κ2) is 5.07. The molecule has 0 spiro atoms. The third-order valence-corrected chi connectivity index (χ3v) is 3.35. The van der Waals surface area contributed by atoms with Gasteiger partial charge in [0.25, 0.3) is 0 Å². The molecule has 2 rings (SSSR count). The zero-order chi connectivity index (χ0) is 11.4. The fraction of sp³-hybridized carbons (Fsp3) is 0.400. The lowest BCUT2D eigenvalue weighted by Gasteiger charge is -2.13. The summed E-state index contributed by atoms with van der Waals surface area (Å²) in [4.78, 5) is 17.2. The van der Waals surface area contributed by atoms with Crippen LogP contribution in [0, 0.1) is 0 Å². The molecule has 1 aliphatic rings. The molecule has 0 atom stereocenters. The largest absolute Gasteiger partial charge is 0.397 e. The maximum atomic E-state index is 11.2. The second-order valence-corrected chi connectivity index (χ2v) is 4.55. The Morgan fingerprint density at radius 2 is 2.50 bits per heavy atom. The molecule has 6 heteroatoms. The summed E-state index contributed by atoms with van der Waals surface area (Å²) in [5, 5.41) is 3.60. The van der Waals surface area contributed by atoms with Gasteiger partial charge in [0.1, 0.15) is 5.03 Å². The molecule has 16 heavy (non-hydrogen) atoms. The van der Waals surface area contributed by atoms with E-state index in [1.165, 1.54) is 0 Å². The molecule has 1 fully saturated rings. The molecule has 1 aromatic rings. The first-order valence-electron chi connectivity index (χ1n) is 5.13.